The first-order valence-corrected chi connectivity index (χ1v) is 4.58. The molecule has 0 bridgehead atoms. The van der Waals surface area contributed by atoms with E-state index in [0.29, 0.717) is 15.3 Å². The van der Waals surface area contributed by atoms with Crippen LogP contribution in [0, 0.1) is 0 Å². The van der Waals surface area contributed by atoms with Crippen molar-refractivity contribution in [1.82, 2.24) is 15.0 Å². The Morgan fingerprint density at radius 2 is 2.31 bits per heavy atom. The van der Waals surface area contributed by atoms with Gasteiger partial charge in [-0.15, -0.1) is 0 Å². The van der Waals surface area contributed by atoms with Crippen LogP contribution in [-0.4, -0.2) is 15.0 Å². The van der Waals surface area contributed by atoms with Gasteiger partial charge in [-0.3, -0.25) is 0 Å². The minimum atomic E-state index is 0.491. The molecule has 0 amide bonds. The summed E-state index contributed by atoms with van der Waals surface area (Å²) in [6.07, 6.45) is 6.02. The second-order valence-electron chi connectivity index (χ2n) is 2.08. The van der Waals surface area contributed by atoms with Gasteiger partial charge in [0.15, 0.2) is 0 Å². The average molecular weight is 214 g/mol. The molecule has 0 spiro atoms. The molecule has 0 unspecified atom stereocenters. The van der Waals surface area contributed by atoms with Gasteiger partial charge in [-0.2, -0.15) is 0 Å². The van der Waals surface area contributed by atoms with Gasteiger partial charge >= 0.3 is 0 Å². The highest BCUT2D eigenvalue weighted by Crippen LogP contribution is 2.28. The molecule has 6 heteroatoms. The Morgan fingerprint density at radius 1 is 1.38 bits per heavy atom. The maximum absolute atomic E-state index is 5.83. The monoisotopic (exact) mass is 213 g/mol. The highest BCUT2D eigenvalue weighted by Gasteiger charge is 2.06. The molecule has 2 aromatic rings. The summed E-state index contributed by atoms with van der Waals surface area (Å²) in [5.41, 5.74) is 0. The van der Waals surface area contributed by atoms with Gasteiger partial charge in [-0.1, -0.05) is 11.6 Å². The van der Waals surface area contributed by atoms with E-state index >= 15 is 0 Å². The van der Waals surface area contributed by atoms with Crippen LogP contribution in [-0.2, 0) is 0 Å². The standard InChI is InChI=1S/C7H4ClN3OS/c8-5-3-9-4-11-6(5)13-7-10-1-2-12-7/h1-4H. The lowest BCUT2D eigenvalue weighted by atomic mass is 10.7. The Morgan fingerprint density at radius 3 is 3.00 bits per heavy atom. The normalized spacial score (nSPS) is 10.2. The van der Waals surface area contributed by atoms with Gasteiger partial charge in [0.1, 0.15) is 17.6 Å². The summed E-state index contributed by atoms with van der Waals surface area (Å²) in [4.78, 5) is 11.7. The molecule has 2 rings (SSSR count). The lowest BCUT2D eigenvalue weighted by molar-refractivity contribution is 0.454. The predicted octanol–water partition coefficient (Wildman–Crippen LogP) is 2.27. The fourth-order valence-corrected chi connectivity index (χ4v) is 1.57. The van der Waals surface area contributed by atoms with Crippen molar-refractivity contribution in [3.05, 3.63) is 30.0 Å². The van der Waals surface area contributed by atoms with Crippen LogP contribution in [0.2, 0.25) is 5.02 Å². The van der Waals surface area contributed by atoms with Gasteiger partial charge in [-0.25, -0.2) is 15.0 Å². The average Bonchev–Trinajstić information content (AvgIpc) is 2.61. The molecule has 0 fully saturated rings. The van der Waals surface area contributed by atoms with Gasteiger partial charge in [0.2, 0.25) is 0 Å². The molecule has 0 saturated heterocycles. The van der Waals surface area contributed by atoms with E-state index in [1.807, 2.05) is 0 Å². The summed E-state index contributed by atoms with van der Waals surface area (Å²) in [7, 11) is 0. The molecular weight excluding hydrogens is 210 g/mol. The maximum Gasteiger partial charge on any atom is 0.262 e. The summed E-state index contributed by atoms with van der Waals surface area (Å²) in [6, 6.07) is 0. The Balaban J connectivity index is 2.24. The van der Waals surface area contributed by atoms with E-state index in [0.717, 1.165) is 0 Å². The van der Waals surface area contributed by atoms with E-state index in [1.165, 1.54) is 30.5 Å². The van der Waals surface area contributed by atoms with E-state index in [4.69, 9.17) is 16.0 Å². The third-order valence-electron chi connectivity index (χ3n) is 1.23. The summed E-state index contributed by atoms with van der Waals surface area (Å²) in [6.45, 7) is 0. The van der Waals surface area contributed by atoms with E-state index < -0.39 is 0 Å². The zero-order valence-electron chi connectivity index (χ0n) is 6.35. The number of hydrogen-bond acceptors (Lipinski definition) is 5. The molecule has 0 saturated carbocycles. The van der Waals surface area contributed by atoms with Crippen LogP contribution in [0.1, 0.15) is 0 Å². The van der Waals surface area contributed by atoms with Crippen LogP contribution in [0.25, 0.3) is 0 Å². The van der Waals surface area contributed by atoms with Crippen LogP contribution >= 0.6 is 23.4 Å². The Kier molecular flexibility index (Phi) is 2.47. The summed E-state index contributed by atoms with van der Waals surface area (Å²) in [5.74, 6) is 0. The molecule has 2 aromatic heterocycles. The molecule has 66 valence electrons. The molecular formula is C7H4ClN3OS. The molecule has 0 radical (unpaired) electrons. The van der Waals surface area contributed by atoms with E-state index in [-0.39, 0.29) is 0 Å². The summed E-state index contributed by atoms with van der Waals surface area (Å²) >= 11 is 7.09. The van der Waals surface area contributed by atoms with Crippen molar-refractivity contribution >= 4 is 23.4 Å². The van der Waals surface area contributed by atoms with E-state index in [2.05, 4.69) is 15.0 Å². The van der Waals surface area contributed by atoms with Gasteiger partial charge in [-0.05, 0) is 11.8 Å². The third kappa shape index (κ3) is 1.99. The lowest BCUT2D eigenvalue weighted by Gasteiger charge is -1.96. The minimum Gasteiger partial charge on any atom is -0.440 e. The first kappa shape index (κ1) is 8.52. The number of nitrogens with zero attached hydrogens (tertiary/aromatic N) is 3. The highest BCUT2D eigenvalue weighted by molar-refractivity contribution is 7.99. The molecule has 0 atom stereocenters. The second-order valence-corrected chi connectivity index (χ2v) is 3.42. The second kappa shape index (κ2) is 3.76. The molecule has 4 nitrogen and oxygen atoms in total. The van der Waals surface area contributed by atoms with Crippen molar-refractivity contribution in [2.24, 2.45) is 0 Å². The molecule has 0 aliphatic rings. The molecule has 0 aliphatic carbocycles. The lowest BCUT2D eigenvalue weighted by Crippen LogP contribution is -1.82. The number of oxazole rings is 1. The third-order valence-corrected chi connectivity index (χ3v) is 2.51. The summed E-state index contributed by atoms with van der Waals surface area (Å²) < 4.78 is 5.03. The van der Waals surface area contributed by atoms with Gasteiger partial charge < -0.3 is 4.42 Å². The van der Waals surface area contributed by atoms with Crippen molar-refractivity contribution in [3.8, 4) is 0 Å². The number of aromatic nitrogens is 3. The fraction of sp³-hybridized carbons (Fsp3) is 0. The maximum atomic E-state index is 5.83. The quantitative estimate of drug-likeness (QED) is 0.717. The van der Waals surface area contributed by atoms with E-state index in [9.17, 15) is 0 Å². The summed E-state index contributed by atoms with van der Waals surface area (Å²) in [5, 5.41) is 1.64. The SMILES string of the molecule is Clc1cncnc1Sc1ncco1. The Labute approximate surface area is 83.4 Å². The zero-order valence-corrected chi connectivity index (χ0v) is 7.92. The van der Waals surface area contributed by atoms with Crippen molar-refractivity contribution in [1.29, 1.82) is 0 Å². The van der Waals surface area contributed by atoms with Crippen LogP contribution < -0.4 is 0 Å². The highest BCUT2D eigenvalue weighted by atomic mass is 35.5. The first-order chi connectivity index (χ1) is 6.36. The zero-order chi connectivity index (χ0) is 9.10. The van der Waals surface area contributed by atoms with Gasteiger partial charge in [0, 0.05) is 0 Å². The van der Waals surface area contributed by atoms with Crippen molar-refractivity contribution in [3.63, 3.8) is 0 Å². The molecule has 0 aliphatic heterocycles. The first-order valence-electron chi connectivity index (χ1n) is 3.39. The van der Waals surface area contributed by atoms with E-state index in [1.54, 1.807) is 6.20 Å². The van der Waals surface area contributed by atoms with Crippen LogP contribution in [0.3, 0.4) is 0 Å². The fourth-order valence-electron chi connectivity index (χ4n) is 0.720. The van der Waals surface area contributed by atoms with Crippen molar-refractivity contribution in [2.75, 3.05) is 0 Å². The predicted molar refractivity (Wildman–Crippen MR) is 47.7 cm³/mol. The molecule has 2 heterocycles. The Bertz CT molecular complexity index is 392. The molecule has 0 N–H and O–H groups in total. The Hall–Kier alpha value is -1.07. The largest absolute Gasteiger partial charge is 0.440 e. The van der Waals surface area contributed by atoms with Crippen LogP contribution in [0.4, 0.5) is 0 Å². The molecule has 13 heavy (non-hydrogen) atoms. The topological polar surface area (TPSA) is 51.8 Å². The van der Waals surface area contributed by atoms with Gasteiger partial charge in [0.05, 0.1) is 17.4 Å². The number of hydrogen-bond donors (Lipinski definition) is 0. The number of rotatable bonds is 2. The van der Waals surface area contributed by atoms with Crippen LogP contribution in [0.15, 0.2) is 39.7 Å². The van der Waals surface area contributed by atoms with Crippen molar-refractivity contribution < 1.29 is 4.42 Å². The number of halogens is 1. The van der Waals surface area contributed by atoms with Crippen molar-refractivity contribution in [2.45, 2.75) is 10.2 Å². The van der Waals surface area contributed by atoms with Crippen LogP contribution in [0.5, 0.6) is 0 Å². The smallest absolute Gasteiger partial charge is 0.262 e. The van der Waals surface area contributed by atoms with Gasteiger partial charge in [0.25, 0.3) is 5.22 Å². The molecule has 0 aromatic carbocycles. The minimum absolute atomic E-state index is 0.491.